The quantitative estimate of drug-likeness (QED) is 0.446. The van der Waals surface area contributed by atoms with Crippen LogP contribution in [0.3, 0.4) is 0 Å². The van der Waals surface area contributed by atoms with Crippen molar-refractivity contribution in [3.8, 4) is 0 Å². The number of hydrogen-bond acceptors (Lipinski definition) is 6. The first-order valence-electron chi connectivity index (χ1n) is 5.68. The summed E-state index contributed by atoms with van der Waals surface area (Å²) in [4.78, 5) is 23.5. The van der Waals surface area contributed by atoms with Crippen LogP contribution in [-0.2, 0) is 23.7 Å². The van der Waals surface area contributed by atoms with Crippen molar-refractivity contribution < 1.29 is 28.7 Å². The Bertz CT molecular complexity index is 487. The molecule has 1 aliphatic rings. The van der Waals surface area contributed by atoms with Gasteiger partial charge in [0.15, 0.2) is 5.92 Å². The lowest BCUT2D eigenvalue weighted by Crippen LogP contribution is -2.33. The van der Waals surface area contributed by atoms with Gasteiger partial charge < -0.3 is 19.2 Å². The third-order valence-electron chi connectivity index (χ3n) is 3.06. The lowest BCUT2D eigenvalue weighted by Gasteiger charge is -2.20. The van der Waals surface area contributed by atoms with Gasteiger partial charge in [0.2, 0.25) is 0 Å². The molecule has 19 heavy (non-hydrogen) atoms. The maximum absolute atomic E-state index is 11.7. The van der Waals surface area contributed by atoms with Crippen LogP contribution in [0.25, 0.3) is 0 Å². The van der Waals surface area contributed by atoms with E-state index in [9.17, 15) is 14.6 Å². The first-order chi connectivity index (χ1) is 9.10. The van der Waals surface area contributed by atoms with Gasteiger partial charge in [0.05, 0.1) is 20.3 Å². The summed E-state index contributed by atoms with van der Waals surface area (Å²) < 4.78 is 14.5. The Balaban J connectivity index is 2.39. The molecule has 0 fully saturated rings. The Morgan fingerprint density at radius 1 is 1.26 bits per heavy atom. The molecule has 2 rings (SSSR count). The highest BCUT2D eigenvalue weighted by atomic mass is 16.6. The molecule has 1 aromatic rings. The summed E-state index contributed by atoms with van der Waals surface area (Å²) in [5, 5.41) is 9.78. The summed E-state index contributed by atoms with van der Waals surface area (Å²) in [5.41, 5.74) is 1.11. The fourth-order valence-electron chi connectivity index (χ4n) is 2.14. The van der Waals surface area contributed by atoms with Crippen LogP contribution in [0.15, 0.2) is 24.3 Å². The van der Waals surface area contributed by atoms with Crippen LogP contribution in [-0.4, -0.2) is 38.3 Å². The van der Waals surface area contributed by atoms with E-state index in [4.69, 9.17) is 4.65 Å². The molecule has 1 aliphatic heterocycles. The van der Waals surface area contributed by atoms with Crippen molar-refractivity contribution in [1.29, 1.82) is 0 Å². The predicted molar refractivity (Wildman–Crippen MR) is 65.4 cm³/mol. The maximum atomic E-state index is 11.7. The van der Waals surface area contributed by atoms with E-state index in [-0.39, 0.29) is 0 Å². The number of benzene rings is 1. The summed E-state index contributed by atoms with van der Waals surface area (Å²) in [6.45, 7) is 0. The number of methoxy groups -OCH3 is 2. The zero-order valence-corrected chi connectivity index (χ0v) is 10.5. The van der Waals surface area contributed by atoms with Crippen molar-refractivity contribution in [2.24, 2.45) is 5.92 Å². The van der Waals surface area contributed by atoms with E-state index in [0.717, 1.165) is 0 Å². The Kier molecular flexibility index (Phi) is 3.87. The van der Waals surface area contributed by atoms with Gasteiger partial charge in [-0.3, -0.25) is 9.59 Å². The number of rotatable bonds is 3. The molecular weight excluding hydrogens is 251 g/mol. The SMILES string of the molecule is COC(=O)C(C(=O)OC)C1OB(O)c2ccccc21. The smallest absolute Gasteiger partial charge is 0.468 e. The normalized spacial score (nSPS) is 17.3. The molecule has 1 atom stereocenters. The third kappa shape index (κ3) is 2.34. The van der Waals surface area contributed by atoms with Crippen LogP contribution >= 0.6 is 0 Å². The second-order valence-corrected chi connectivity index (χ2v) is 4.06. The van der Waals surface area contributed by atoms with E-state index >= 15 is 0 Å². The van der Waals surface area contributed by atoms with Crippen molar-refractivity contribution in [1.82, 2.24) is 0 Å². The standard InChI is InChI=1S/C12H13BO6/c1-17-11(14)9(12(15)18-2)10-7-5-3-4-6-8(7)13(16)19-10/h3-6,9-10,16H,1-2H3. The Morgan fingerprint density at radius 3 is 2.42 bits per heavy atom. The molecular formula is C12H13BO6. The minimum atomic E-state index is -1.26. The molecule has 1 N–H and O–H groups in total. The van der Waals surface area contributed by atoms with Gasteiger partial charge in [0.25, 0.3) is 0 Å². The number of esters is 2. The minimum Gasteiger partial charge on any atom is -0.468 e. The Morgan fingerprint density at radius 2 is 1.84 bits per heavy atom. The molecule has 1 unspecified atom stereocenters. The van der Waals surface area contributed by atoms with E-state index in [1.54, 1.807) is 24.3 Å². The van der Waals surface area contributed by atoms with Gasteiger partial charge in [-0.25, -0.2) is 0 Å². The van der Waals surface area contributed by atoms with E-state index in [1.807, 2.05) is 0 Å². The van der Waals surface area contributed by atoms with Gasteiger partial charge in [-0.2, -0.15) is 0 Å². The molecule has 0 aromatic heterocycles. The largest absolute Gasteiger partial charge is 0.492 e. The number of fused-ring (bicyclic) bond motifs is 1. The van der Waals surface area contributed by atoms with Crippen molar-refractivity contribution >= 4 is 24.5 Å². The highest BCUT2D eigenvalue weighted by Gasteiger charge is 2.46. The highest BCUT2D eigenvalue weighted by Crippen LogP contribution is 2.32. The van der Waals surface area contributed by atoms with Crippen LogP contribution in [0, 0.1) is 5.92 Å². The topological polar surface area (TPSA) is 82.1 Å². The first-order valence-corrected chi connectivity index (χ1v) is 5.68. The van der Waals surface area contributed by atoms with E-state index in [0.29, 0.717) is 11.0 Å². The summed E-state index contributed by atoms with van der Waals surface area (Å²) in [6.07, 6.45) is -0.911. The molecule has 100 valence electrons. The second kappa shape index (κ2) is 5.42. The Labute approximate surface area is 110 Å². The van der Waals surface area contributed by atoms with Crippen molar-refractivity contribution in [2.45, 2.75) is 6.10 Å². The number of ether oxygens (including phenoxy) is 2. The highest BCUT2D eigenvalue weighted by molar-refractivity contribution is 6.61. The number of carbonyl (C=O) groups is 2. The summed E-state index contributed by atoms with van der Waals surface area (Å²) in [6, 6.07) is 6.83. The number of hydrogen-bond donors (Lipinski definition) is 1. The first kappa shape index (κ1) is 13.6. The van der Waals surface area contributed by atoms with Gasteiger partial charge in [-0.15, -0.1) is 0 Å². The van der Waals surface area contributed by atoms with Gasteiger partial charge in [-0.1, -0.05) is 24.3 Å². The average molecular weight is 264 g/mol. The van der Waals surface area contributed by atoms with Crippen molar-refractivity contribution in [3.05, 3.63) is 29.8 Å². The van der Waals surface area contributed by atoms with Crippen LogP contribution < -0.4 is 5.46 Å². The molecule has 0 bridgehead atoms. The summed E-state index contributed by atoms with van der Waals surface area (Å²) >= 11 is 0. The van der Waals surface area contributed by atoms with Crippen LogP contribution in [0.5, 0.6) is 0 Å². The van der Waals surface area contributed by atoms with E-state index < -0.39 is 31.1 Å². The van der Waals surface area contributed by atoms with Crippen LogP contribution in [0.1, 0.15) is 11.7 Å². The average Bonchev–Trinajstić information content (AvgIpc) is 2.76. The number of carbonyl (C=O) groups excluding carboxylic acids is 2. The minimum absolute atomic E-state index is 0.533. The van der Waals surface area contributed by atoms with Gasteiger partial charge >= 0.3 is 19.1 Å². The zero-order valence-electron chi connectivity index (χ0n) is 10.5. The third-order valence-corrected chi connectivity index (χ3v) is 3.06. The summed E-state index contributed by atoms with van der Waals surface area (Å²) in [7, 11) is 1.18. The fraction of sp³-hybridized carbons (Fsp3) is 0.333. The molecule has 0 aliphatic carbocycles. The van der Waals surface area contributed by atoms with Crippen molar-refractivity contribution in [3.63, 3.8) is 0 Å². The lowest BCUT2D eigenvalue weighted by molar-refractivity contribution is -0.163. The maximum Gasteiger partial charge on any atom is 0.492 e. The molecule has 1 heterocycles. The molecule has 6 nitrogen and oxygen atoms in total. The second-order valence-electron chi connectivity index (χ2n) is 4.06. The van der Waals surface area contributed by atoms with E-state index in [2.05, 4.69) is 9.47 Å². The van der Waals surface area contributed by atoms with Gasteiger partial charge in [0, 0.05) is 0 Å². The molecule has 0 saturated carbocycles. The summed E-state index contributed by atoms with van der Waals surface area (Å²) in [5.74, 6) is -2.78. The predicted octanol–water partition coefficient (Wildman–Crippen LogP) is -0.592. The molecule has 0 amide bonds. The molecule has 7 heteroatoms. The Hall–Kier alpha value is -1.86. The lowest BCUT2D eigenvalue weighted by atomic mass is 9.79. The molecule has 0 radical (unpaired) electrons. The van der Waals surface area contributed by atoms with Crippen molar-refractivity contribution in [2.75, 3.05) is 14.2 Å². The molecule has 0 saturated heterocycles. The zero-order chi connectivity index (χ0) is 14.0. The molecule has 0 spiro atoms. The van der Waals surface area contributed by atoms with E-state index in [1.165, 1.54) is 14.2 Å². The molecule has 1 aromatic carbocycles. The van der Waals surface area contributed by atoms with Crippen LogP contribution in [0.4, 0.5) is 0 Å². The fourth-order valence-corrected chi connectivity index (χ4v) is 2.14. The van der Waals surface area contributed by atoms with Gasteiger partial charge in [0.1, 0.15) is 0 Å². The monoisotopic (exact) mass is 264 g/mol. The van der Waals surface area contributed by atoms with Crippen LogP contribution in [0.2, 0.25) is 0 Å². The van der Waals surface area contributed by atoms with Gasteiger partial charge in [-0.05, 0) is 11.0 Å².